The minimum absolute atomic E-state index is 0.191. The highest BCUT2D eigenvalue weighted by molar-refractivity contribution is 5.89. The van der Waals surface area contributed by atoms with Gasteiger partial charge in [-0.3, -0.25) is 0 Å². The summed E-state index contributed by atoms with van der Waals surface area (Å²) < 4.78 is 11.0. The smallest absolute Gasteiger partial charge is 0.119 e. The van der Waals surface area contributed by atoms with Gasteiger partial charge in [0.1, 0.15) is 23.0 Å². The van der Waals surface area contributed by atoms with Crippen LogP contribution in [0.4, 0.5) is 0 Å². The van der Waals surface area contributed by atoms with Gasteiger partial charge in [0.15, 0.2) is 0 Å². The molecule has 0 fully saturated rings. The molecule has 0 aliphatic heterocycles. The molecule has 5 aromatic rings. The highest BCUT2D eigenvalue weighted by Crippen LogP contribution is 2.58. The van der Waals surface area contributed by atoms with Gasteiger partial charge in [-0.25, -0.2) is 0 Å². The molecule has 0 amide bonds. The molecule has 0 bridgehead atoms. The van der Waals surface area contributed by atoms with Crippen LogP contribution < -0.4 is 9.47 Å². The molecule has 0 radical (unpaired) electrons. The summed E-state index contributed by atoms with van der Waals surface area (Å²) in [5, 5.41) is 20.4. The van der Waals surface area contributed by atoms with Gasteiger partial charge in [0.05, 0.1) is 19.6 Å². The van der Waals surface area contributed by atoms with Crippen molar-refractivity contribution in [2.75, 3.05) is 14.2 Å². The minimum atomic E-state index is -0.772. The summed E-state index contributed by atoms with van der Waals surface area (Å²) in [6.45, 7) is 0. The SMILES string of the molecule is COc1ccc(C#Cc2cccc3c2C(c2ccc(O)cc2)(c2ccc(O)cc2)c2cc(OC)ccc2-3)cc1. The lowest BCUT2D eigenvalue weighted by Crippen LogP contribution is -2.29. The molecule has 5 aromatic carbocycles. The van der Waals surface area contributed by atoms with Gasteiger partial charge in [-0.1, -0.05) is 54.3 Å². The van der Waals surface area contributed by atoms with Crippen molar-refractivity contribution in [3.63, 3.8) is 0 Å². The van der Waals surface area contributed by atoms with E-state index in [4.69, 9.17) is 9.47 Å². The van der Waals surface area contributed by atoms with Gasteiger partial charge >= 0.3 is 0 Å². The fourth-order valence-electron chi connectivity index (χ4n) is 5.62. The Morgan fingerprint density at radius 3 is 1.77 bits per heavy atom. The molecule has 2 N–H and O–H groups in total. The number of benzene rings is 5. The Labute approximate surface area is 227 Å². The van der Waals surface area contributed by atoms with E-state index < -0.39 is 5.41 Å². The quantitative estimate of drug-likeness (QED) is 0.254. The third kappa shape index (κ3) is 3.96. The fraction of sp³-hybridized carbons (Fsp3) is 0.0857. The van der Waals surface area contributed by atoms with Gasteiger partial charge in [0.2, 0.25) is 0 Å². The van der Waals surface area contributed by atoms with Crippen molar-refractivity contribution in [3.8, 4) is 46.0 Å². The first-order valence-corrected chi connectivity index (χ1v) is 12.6. The third-order valence-electron chi connectivity index (χ3n) is 7.39. The second kappa shape index (κ2) is 9.63. The van der Waals surface area contributed by atoms with E-state index in [9.17, 15) is 10.2 Å². The lowest BCUT2D eigenvalue weighted by molar-refractivity contribution is 0.414. The zero-order valence-corrected chi connectivity index (χ0v) is 21.6. The van der Waals surface area contributed by atoms with Crippen LogP contribution in [0, 0.1) is 11.8 Å². The number of hydrogen-bond acceptors (Lipinski definition) is 4. The van der Waals surface area contributed by atoms with Crippen LogP contribution in [-0.4, -0.2) is 24.4 Å². The molecule has 39 heavy (non-hydrogen) atoms. The third-order valence-corrected chi connectivity index (χ3v) is 7.39. The van der Waals surface area contributed by atoms with Crippen molar-refractivity contribution in [2.24, 2.45) is 0 Å². The fourth-order valence-corrected chi connectivity index (χ4v) is 5.62. The van der Waals surface area contributed by atoms with Gasteiger partial charge in [0.25, 0.3) is 0 Å². The van der Waals surface area contributed by atoms with Crippen LogP contribution in [0.3, 0.4) is 0 Å². The topological polar surface area (TPSA) is 58.9 Å². The molecule has 4 heteroatoms. The van der Waals surface area contributed by atoms with Crippen molar-refractivity contribution >= 4 is 0 Å². The molecule has 0 unspecified atom stereocenters. The van der Waals surface area contributed by atoms with Gasteiger partial charge in [-0.15, -0.1) is 0 Å². The number of hydrogen-bond donors (Lipinski definition) is 2. The Balaban J connectivity index is 1.69. The number of ether oxygens (including phenoxy) is 2. The van der Waals surface area contributed by atoms with Gasteiger partial charge < -0.3 is 19.7 Å². The molecule has 4 nitrogen and oxygen atoms in total. The maximum absolute atomic E-state index is 10.2. The zero-order chi connectivity index (χ0) is 27.0. The Kier molecular flexibility index (Phi) is 5.98. The Morgan fingerprint density at radius 2 is 1.18 bits per heavy atom. The van der Waals surface area contributed by atoms with E-state index in [1.165, 1.54) is 0 Å². The van der Waals surface area contributed by atoms with E-state index in [-0.39, 0.29) is 11.5 Å². The van der Waals surface area contributed by atoms with E-state index >= 15 is 0 Å². The molecule has 0 heterocycles. The summed E-state index contributed by atoms with van der Waals surface area (Å²) in [5.41, 5.74) is 7.19. The molecule has 0 spiro atoms. The molecule has 1 aliphatic carbocycles. The van der Waals surface area contributed by atoms with Gasteiger partial charge in [0, 0.05) is 11.1 Å². The second-order valence-electron chi connectivity index (χ2n) is 9.46. The largest absolute Gasteiger partial charge is 0.508 e. The zero-order valence-electron chi connectivity index (χ0n) is 21.6. The van der Waals surface area contributed by atoms with Gasteiger partial charge in [-0.05, 0) is 100 Å². The summed E-state index contributed by atoms with van der Waals surface area (Å²) >= 11 is 0. The normalized spacial score (nSPS) is 12.6. The molecule has 6 rings (SSSR count). The van der Waals surface area contributed by atoms with Crippen LogP contribution in [0.25, 0.3) is 11.1 Å². The van der Waals surface area contributed by atoms with Crippen molar-refractivity contribution in [1.82, 2.24) is 0 Å². The summed E-state index contributed by atoms with van der Waals surface area (Å²) in [7, 11) is 3.31. The number of phenols is 2. The molecule has 190 valence electrons. The van der Waals surface area contributed by atoms with E-state index in [1.54, 1.807) is 38.5 Å². The Hall–Kier alpha value is -5.14. The average molecular weight is 511 g/mol. The first kappa shape index (κ1) is 24.2. The van der Waals surface area contributed by atoms with Crippen molar-refractivity contribution in [1.29, 1.82) is 0 Å². The van der Waals surface area contributed by atoms with Gasteiger partial charge in [-0.2, -0.15) is 0 Å². The van der Waals surface area contributed by atoms with Crippen LogP contribution in [0.15, 0.2) is 109 Å². The predicted octanol–water partition coefficient (Wildman–Crippen LogP) is 6.88. The predicted molar refractivity (Wildman–Crippen MR) is 153 cm³/mol. The van der Waals surface area contributed by atoms with Crippen LogP contribution in [0.1, 0.15) is 33.4 Å². The Bertz CT molecular complexity index is 1680. The van der Waals surface area contributed by atoms with Crippen LogP contribution in [0.5, 0.6) is 23.0 Å². The maximum Gasteiger partial charge on any atom is 0.119 e. The number of fused-ring (bicyclic) bond motifs is 3. The average Bonchev–Trinajstić information content (AvgIpc) is 3.28. The van der Waals surface area contributed by atoms with Crippen LogP contribution in [0.2, 0.25) is 0 Å². The molecule has 0 aromatic heterocycles. The van der Waals surface area contributed by atoms with Crippen LogP contribution >= 0.6 is 0 Å². The lowest BCUT2D eigenvalue weighted by Gasteiger charge is -2.34. The molecular formula is C35H26O4. The van der Waals surface area contributed by atoms with E-state index in [2.05, 4.69) is 30.0 Å². The monoisotopic (exact) mass is 510 g/mol. The summed E-state index contributed by atoms with van der Waals surface area (Å²) in [4.78, 5) is 0. The number of rotatable bonds is 4. The highest BCUT2D eigenvalue weighted by atomic mass is 16.5. The molecule has 0 atom stereocenters. The summed E-state index contributed by atoms with van der Waals surface area (Å²) in [5.74, 6) is 8.71. The van der Waals surface area contributed by atoms with E-state index in [0.29, 0.717) is 0 Å². The van der Waals surface area contributed by atoms with Crippen molar-refractivity contribution in [2.45, 2.75) is 5.41 Å². The molecule has 1 aliphatic rings. The Morgan fingerprint density at radius 1 is 0.590 bits per heavy atom. The number of methoxy groups -OCH3 is 2. The van der Waals surface area contributed by atoms with Crippen molar-refractivity contribution < 1.29 is 19.7 Å². The van der Waals surface area contributed by atoms with Crippen LogP contribution in [-0.2, 0) is 5.41 Å². The first-order chi connectivity index (χ1) is 19.0. The molecule has 0 saturated heterocycles. The van der Waals surface area contributed by atoms with E-state index in [1.807, 2.05) is 66.7 Å². The molecule has 0 saturated carbocycles. The standard InChI is InChI=1S/C35H26O4/c1-38-29-18-7-23(8-19-29)6-9-24-4-3-5-32-31-21-20-30(39-2)22-33(31)35(34(24)32,25-10-14-27(36)15-11-25)26-12-16-28(37)17-13-26/h3-5,7-8,10-22,36-37H,1-2H3. The summed E-state index contributed by atoms with van der Waals surface area (Å²) in [6.07, 6.45) is 0. The second-order valence-corrected chi connectivity index (χ2v) is 9.46. The number of aromatic hydroxyl groups is 2. The maximum atomic E-state index is 10.2. The van der Waals surface area contributed by atoms with Crippen molar-refractivity contribution in [3.05, 3.63) is 143 Å². The minimum Gasteiger partial charge on any atom is -0.508 e. The molecular weight excluding hydrogens is 484 g/mol. The van der Waals surface area contributed by atoms with E-state index in [0.717, 1.165) is 56.0 Å². The summed E-state index contributed by atoms with van der Waals surface area (Å²) in [6, 6.07) is 34.7. The number of phenolic OH excluding ortho intramolecular Hbond substituents is 2. The highest BCUT2D eigenvalue weighted by Gasteiger charge is 2.47. The lowest BCUT2D eigenvalue weighted by atomic mass is 9.66. The first-order valence-electron chi connectivity index (χ1n) is 12.6.